The summed E-state index contributed by atoms with van der Waals surface area (Å²) in [5.41, 5.74) is 2.71. The van der Waals surface area contributed by atoms with Crippen molar-refractivity contribution in [2.75, 3.05) is 5.75 Å². The van der Waals surface area contributed by atoms with Gasteiger partial charge >= 0.3 is 0 Å². The molecule has 2 rings (SSSR count). The maximum absolute atomic E-state index is 8.83. The summed E-state index contributed by atoms with van der Waals surface area (Å²) in [6.45, 7) is 2.17. The van der Waals surface area contributed by atoms with Gasteiger partial charge in [0.05, 0.1) is 11.4 Å². The molecule has 0 aromatic heterocycles. The molecule has 1 aliphatic heterocycles. The van der Waals surface area contributed by atoms with E-state index in [2.05, 4.69) is 42.6 Å². The summed E-state index contributed by atoms with van der Waals surface area (Å²) in [7, 11) is 0. The van der Waals surface area contributed by atoms with Gasteiger partial charge in [-0.2, -0.15) is 5.26 Å². The number of rotatable bonds is 2. The van der Waals surface area contributed by atoms with Crippen molar-refractivity contribution < 1.29 is 0 Å². The van der Waals surface area contributed by atoms with Crippen LogP contribution in [0.1, 0.15) is 23.4 Å². The molecule has 1 aliphatic rings. The van der Waals surface area contributed by atoms with Gasteiger partial charge in [0, 0.05) is 5.75 Å². The lowest BCUT2D eigenvalue weighted by Gasteiger charge is -2.14. The summed E-state index contributed by atoms with van der Waals surface area (Å²) in [6.07, 6.45) is 1.05. The molecule has 78 valence electrons. The number of hydrogen-bond acceptors (Lipinski definition) is 3. The van der Waals surface area contributed by atoms with E-state index in [4.69, 9.17) is 5.26 Å². The summed E-state index contributed by atoms with van der Waals surface area (Å²) < 4.78 is 0. The molecule has 0 bridgehead atoms. The van der Waals surface area contributed by atoms with E-state index in [1.54, 1.807) is 0 Å². The van der Waals surface area contributed by atoms with Crippen LogP contribution < -0.4 is 5.32 Å². The highest BCUT2D eigenvalue weighted by Crippen LogP contribution is 2.34. The van der Waals surface area contributed by atoms with Gasteiger partial charge in [0.1, 0.15) is 6.04 Å². The predicted octanol–water partition coefficient (Wildman–Crippen LogP) is 2.48. The second-order valence-corrected chi connectivity index (χ2v) is 4.75. The molecule has 1 aromatic rings. The minimum absolute atomic E-state index is 0.00455. The first kappa shape index (κ1) is 10.5. The highest BCUT2D eigenvalue weighted by atomic mass is 32.2. The van der Waals surface area contributed by atoms with Crippen molar-refractivity contribution in [1.29, 1.82) is 5.26 Å². The smallest absolute Gasteiger partial charge is 0.106 e. The normalized spacial score (nSPS) is 25.1. The Morgan fingerprint density at radius 3 is 3.00 bits per heavy atom. The summed E-state index contributed by atoms with van der Waals surface area (Å²) in [6, 6.07) is 10.7. The SMILES string of the molecule is CCc1ccccc1C1NC(C#N)CS1. The van der Waals surface area contributed by atoms with Gasteiger partial charge in [-0.25, -0.2) is 0 Å². The number of nitrogens with zero attached hydrogens (tertiary/aromatic N) is 1. The fourth-order valence-electron chi connectivity index (χ4n) is 1.84. The maximum atomic E-state index is 8.83. The third kappa shape index (κ3) is 2.17. The molecule has 2 atom stereocenters. The average molecular weight is 218 g/mol. The maximum Gasteiger partial charge on any atom is 0.106 e. The quantitative estimate of drug-likeness (QED) is 0.828. The third-order valence-electron chi connectivity index (χ3n) is 2.66. The van der Waals surface area contributed by atoms with Crippen molar-refractivity contribution in [2.45, 2.75) is 24.8 Å². The van der Waals surface area contributed by atoms with Gasteiger partial charge in [0.15, 0.2) is 0 Å². The van der Waals surface area contributed by atoms with E-state index in [-0.39, 0.29) is 6.04 Å². The predicted molar refractivity (Wildman–Crippen MR) is 63.6 cm³/mol. The molecule has 1 heterocycles. The summed E-state index contributed by atoms with van der Waals surface area (Å²) >= 11 is 1.82. The highest BCUT2D eigenvalue weighted by molar-refractivity contribution is 7.99. The molecule has 1 saturated heterocycles. The molecule has 0 radical (unpaired) electrons. The van der Waals surface area contributed by atoms with Gasteiger partial charge in [0.2, 0.25) is 0 Å². The topological polar surface area (TPSA) is 35.8 Å². The minimum Gasteiger partial charge on any atom is -0.286 e. The zero-order valence-corrected chi connectivity index (χ0v) is 9.55. The average Bonchev–Trinajstić information content (AvgIpc) is 2.77. The first-order chi connectivity index (χ1) is 7.35. The van der Waals surface area contributed by atoms with Crippen LogP contribution in [-0.4, -0.2) is 11.8 Å². The van der Waals surface area contributed by atoms with Gasteiger partial charge in [-0.05, 0) is 17.5 Å². The van der Waals surface area contributed by atoms with Gasteiger partial charge < -0.3 is 0 Å². The summed E-state index contributed by atoms with van der Waals surface area (Å²) in [4.78, 5) is 0. The fourth-order valence-corrected chi connectivity index (χ4v) is 3.06. The molecule has 0 amide bonds. The lowest BCUT2D eigenvalue weighted by Crippen LogP contribution is -2.24. The standard InChI is InChI=1S/C12H14N2S/c1-2-9-5-3-4-6-11(9)12-14-10(7-13)8-15-12/h3-6,10,12,14H,2,8H2,1H3. The van der Waals surface area contributed by atoms with E-state index in [0.29, 0.717) is 5.37 Å². The summed E-state index contributed by atoms with van der Waals surface area (Å²) in [5, 5.41) is 12.5. The molecule has 0 spiro atoms. The molecule has 15 heavy (non-hydrogen) atoms. The number of hydrogen-bond donors (Lipinski definition) is 1. The zero-order valence-electron chi connectivity index (χ0n) is 8.73. The number of aryl methyl sites for hydroxylation is 1. The second kappa shape index (κ2) is 4.69. The monoisotopic (exact) mass is 218 g/mol. The Kier molecular flexibility index (Phi) is 3.30. The molecule has 2 nitrogen and oxygen atoms in total. The lowest BCUT2D eigenvalue weighted by atomic mass is 10.1. The Morgan fingerprint density at radius 2 is 2.33 bits per heavy atom. The van der Waals surface area contributed by atoms with Crippen molar-refractivity contribution in [2.24, 2.45) is 0 Å². The molecule has 0 aliphatic carbocycles. The molecular formula is C12H14N2S. The molecule has 1 N–H and O–H groups in total. The molecule has 1 fully saturated rings. The molecule has 2 unspecified atom stereocenters. The lowest BCUT2D eigenvalue weighted by molar-refractivity contribution is 0.667. The van der Waals surface area contributed by atoms with Gasteiger partial charge in [-0.1, -0.05) is 31.2 Å². The van der Waals surface area contributed by atoms with Crippen molar-refractivity contribution in [3.05, 3.63) is 35.4 Å². The molecular weight excluding hydrogens is 204 g/mol. The van der Waals surface area contributed by atoms with Crippen LogP contribution in [0.15, 0.2) is 24.3 Å². The Labute approximate surface area is 94.7 Å². The Balaban J connectivity index is 2.20. The highest BCUT2D eigenvalue weighted by Gasteiger charge is 2.26. The zero-order chi connectivity index (χ0) is 10.7. The van der Waals surface area contributed by atoms with Crippen molar-refractivity contribution in [3.8, 4) is 6.07 Å². The number of thioether (sulfide) groups is 1. The second-order valence-electron chi connectivity index (χ2n) is 3.61. The minimum atomic E-state index is 0.00455. The van der Waals surface area contributed by atoms with Crippen LogP contribution in [0.25, 0.3) is 0 Å². The van der Waals surface area contributed by atoms with Gasteiger partial charge in [0.25, 0.3) is 0 Å². The van der Waals surface area contributed by atoms with Crippen LogP contribution in [0.4, 0.5) is 0 Å². The van der Waals surface area contributed by atoms with Crippen molar-refractivity contribution in [1.82, 2.24) is 5.32 Å². The first-order valence-corrected chi connectivity index (χ1v) is 6.25. The van der Waals surface area contributed by atoms with E-state index in [9.17, 15) is 0 Å². The molecule has 3 heteroatoms. The van der Waals surface area contributed by atoms with E-state index >= 15 is 0 Å². The third-order valence-corrected chi connectivity index (χ3v) is 3.91. The van der Waals surface area contributed by atoms with Crippen LogP contribution >= 0.6 is 11.8 Å². The van der Waals surface area contributed by atoms with Crippen molar-refractivity contribution in [3.63, 3.8) is 0 Å². The van der Waals surface area contributed by atoms with Crippen LogP contribution in [0.2, 0.25) is 0 Å². The first-order valence-electron chi connectivity index (χ1n) is 5.20. The largest absolute Gasteiger partial charge is 0.286 e. The van der Waals surface area contributed by atoms with Crippen LogP contribution in [-0.2, 0) is 6.42 Å². The number of nitrogens with one attached hydrogen (secondary N) is 1. The van der Waals surface area contributed by atoms with Gasteiger partial charge in [-0.15, -0.1) is 11.8 Å². The summed E-state index contributed by atoms with van der Waals surface area (Å²) in [5.74, 6) is 0.888. The Bertz CT molecular complexity index is 383. The van der Waals surface area contributed by atoms with Crippen LogP contribution in [0, 0.1) is 11.3 Å². The van der Waals surface area contributed by atoms with E-state index in [1.807, 2.05) is 11.8 Å². The van der Waals surface area contributed by atoms with E-state index < -0.39 is 0 Å². The molecule has 0 saturated carbocycles. The Hall–Kier alpha value is -0.980. The van der Waals surface area contributed by atoms with Crippen molar-refractivity contribution >= 4 is 11.8 Å². The Morgan fingerprint density at radius 1 is 1.53 bits per heavy atom. The van der Waals surface area contributed by atoms with Crippen LogP contribution in [0.5, 0.6) is 0 Å². The van der Waals surface area contributed by atoms with E-state index in [0.717, 1.165) is 12.2 Å². The van der Waals surface area contributed by atoms with E-state index in [1.165, 1.54) is 11.1 Å². The van der Waals surface area contributed by atoms with Crippen LogP contribution in [0.3, 0.4) is 0 Å². The van der Waals surface area contributed by atoms with Gasteiger partial charge in [-0.3, -0.25) is 5.32 Å². The number of nitriles is 1. The number of benzene rings is 1. The fraction of sp³-hybridized carbons (Fsp3) is 0.417. The molecule has 1 aromatic carbocycles.